The highest BCUT2D eigenvalue weighted by Gasteiger charge is 2.12. The van der Waals surface area contributed by atoms with E-state index in [2.05, 4.69) is 18.9 Å². The van der Waals surface area contributed by atoms with Gasteiger partial charge in [-0.2, -0.15) is 0 Å². The average molecular weight is 115 g/mol. The second-order valence-electron chi connectivity index (χ2n) is 2.43. The molecule has 1 saturated heterocycles. The quantitative estimate of drug-likeness (QED) is 0.460. The van der Waals surface area contributed by atoms with Crippen LogP contribution >= 0.6 is 0 Å². The second-order valence-corrected chi connectivity index (χ2v) is 2.43. The lowest BCUT2D eigenvalue weighted by Crippen LogP contribution is -2.36. The van der Waals surface area contributed by atoms with Crippen LogP contribution in [0.5, 0.6) is 0 Å². The molecule has 2 heteroatoms. The van der Waals surface area contributed by atoms with Crippen molar-refractivity contribution in [2.45, 2.75) is 19.4 Å². The van der Waals surface area contributed by atoms with Gasteiger partial charge in [0.25, 0.3) is 0 Å². The molecule has 1 fully saturated rings. The van der Waals surface area contributed by atoms with Crippen LogP contribution in [0, 0.1) is 0 Å². The summed E-state index contributed by atoms with van der Waals surface area (Å²) in [6.07, 6.45) is 1.18. The molecule has 2 nitrogen and oxygen atoms in total. The Morgan fingerprint density at radius 2 is 2.38 bits per heavy atom. The molecule has 0 radical (unpaired) electrons. The molecule has 8 heavy (non-hydrogen) atoms. The van der Waals surface area contributed by atoms with Crippen LogP contribution in [0.15, 0.2) is 0 Å². The van der Waals surface area contributed by atoms with Crippen LogP contribution in [0.25, 0.3) is 0 Å². The Morgan fingerprint density at radius 3 is 2.75 bits per heavy atom. The van der Waals surface area contributed by atoms with Crippen molar-refractivity contribution in [2.24, 2.45) is 0 Å². The van der Waals surface area contributed by atoms with Crippen molar-refractivity contribution in [3.8, 4) is 0 Å². The molecule has 0 aromatic rings. The van der Waals surface area contributed by atoms with Crippen LogP contribution < -0.4 is 0 Å². The molecular formula is C6H13NO. The molecule has 48 valence electrons. The van der Waals surface area contributed by atoms with E-state index in [9.17, 15) is 0 Å². The highest BCUT2D eigenvalue weighted by Crippen LogP contribution is 2.06. The van der Waals surface area contributed by atoms with Gasteiger partial charge in [-0.3, -0.25) is 4.90 Å². The van der Waals surface area contributed by atoms with Gasteiger partial charge in [0, 0.05) is 12.6 Å². The van der Waals surface area contributed by atoms with Gasteiger partial charge >= 0.3 is 0 Å². The van der Waals surface area contributed by atoms with E-state index in [-0.39, 0.29) is 0 Å². The molecule has 0 aromatic carbocycles. The number of rotatable bonds is 0. The number of hydrogen-bond donors (Lipinski definition) is 0. The largest absolute Gasteiger partial charge is 0.366 e. The molecule has 0 spiro atoms. The first-order valence-electron chi connectivity index (χ1n) is 3.08. The number of nitrogens with zero attached hydrogens (tertiary/aromatic N) is 1. The third-order valence-electron chi connectivity index (χ3n) is 1.73. The van der Waals surface area contributed by atoms with Gasteiger partial charge in [0.1, 0.15) is 0 Å². The minimum atomic E-state index is 0.712. The lowest BCUT2D eigenvalue weighted by Gasteiger charge is -2.29. The highest BCUT2D eigenvalue weighted by atomic mass is 16.5. The molecule has 1 rings (SSSR count). The maximum atomic E-state index is 5.18. The van der Waals surface area contributed by atoms with E-state index in [1.807, 2.05) is 0 Å². The summed E-state index contributed by atoms with van der Waals surface area (Å²) in [4.78, 5) is 2.21. The van der Waals surface area contributed by atoms with Crippen LogP contribution in [-0.2, 0) is 4.74 Å². The summed E-state index contributed by atoms with van der Waals surface area (Å²) in [6.45, 7) is 3.97. The Hall–Kier alpha value is -0.0800. The first kappa shape index (κ1) is 6.05. The monoisotopic (exact) mass is 115 g/mol. The Labute approximate surface area is 50.4 Å². The number of ether oxygens (including phenoxy) is 1. The van der Waals surface area contributed by atoms with Crippen molar-refractivity contribution < 1.29 is 4.74 Å². The maximum absolute atomic E-state index is 5.18. The van der Waals surface area contributed by atoms with E-state index in [0.717, 1.165) is 13.3 Å². The molecule has 0 bridgehead atoms. The van der Waals surface area contributed by atoms with Gasteiger partial charge in [0.05, 0.1) is 6.73 Å². The van der Waals surface area contributed by atoms with E-state index in [1.54, 1.807) is 0 Å². The zero-order valence-electron chi connectivity index (χ0n) is 5.55. The van der Waals surface area contributed by atoms with E-state index in [0.29, 0.717) is 6.04 Å². The lowest BCUT2D eigenvalue weighted by molar-refractivity contribution is -0.0272. The Bertz CT molecular complexity index is 64.9. The third kappa shape index (κ3) is 1.20. The summed E-state index contributed by atoms with van der Waals surface area (Å²) in [5.74, 6) is 0. The Kier molecular flexibility index (Phi) is 1.86. The first-order chi connectivity index (χ1) is 3.80. The maximum Gasteiger partial charge on any atom is 0.0990 e. The standard InChI is InChI=1S/C6H13NO/c1-6-3-4-8-5-7(6)2/h6H,3-5H2,1-2H3/t6-/m1/s1. The molecule has 1 heterocycles. The van der Waals surface area contributed by atoms with Gasteiger partial charge in [-0.25, -0.2) is 0 Å². The predicted octanol–water partition coefficient (Wildman–Crippen LogP) is 0.684. The van der Waals surface area contributed by atoms with E-state index >= 15 is 0 Å². The molecule has 0 amide bonds. The van der Waals surface area contributed by atoms with Crippen molar-refractivity contribution in [1.29, 1.82) is 0 Å². The van der Waals surface area contributed by atoms with E-state index in [4.69, 9.17) is 4.74 Å². The summed E-state index contributed by atoms with van der Waals surface area (Å²) >= 11 is 0. The average Bonchev–Trinajstić information content (AvgIpc) is 1.77. The summed E-state index contributed by atoms with van der Waals surface area (Å²) in [6, 6.07) is 0.712. The summed E-state index contributed by atoms with van der Waals surface area (Å²) in [7, 11) is 2.09. The van der Waals surface area contributed by atoms with Crippen LogP contribution in [0.1, 0.15) is 13.3 Å². The fourth-order valence-electron chi connectivity index (χ4n) is 0.810. The van der Waals surface area contributed by atoms with Gasteiger partial charge in [0.15, 0.2) is 0 Å². The zero-order valence-corrected chi connectivity index (χ0v) is 5.55. The molecule has 0 saturated carbocycles. The van der Waals surface area contributed by atoms with Gasteiger partial charge < -0.3 is 4.74 Å². The fraction of sp³-hybridized carbons (Fsp3) is 1.00. The van der Waals surface area contributed by atoms with Crippen LogP contribution in [-0.4, -0.2) is 31.3 Å². The first-order valence-corrected chi connectivity index (χ1v) is 3.08. The van der Waals surface area contributed by atoms with Gasteiger partial charge in [-0.15, -0.1) is 0 Å². The molecule has 0 aromatic heterocycles. The summed E-state index contributed by atoms with van der Waals surface area (Å²) in [5, 5.41) is 0. The topological polar surface area (TPSA) is 12.5 Å². The molecule has 0 N–H and O–H groups in total. The third-order valence-corrected chi connectivity index (χ3v) is 1.73. The molecule has 0 aliphatic carbocycles. The van der Waals surface area contributed by atoms with Crippen molar-refractivity contribution in [3.63, 3.8) is 0 Å². The lowest BCUT2D eigenvalue weighted by atomic mass is 10.2. The van der Waals surface area contributed by atoms with Crippen LogP contribution in [0.3, 0.4) is 0 Å². The van der Waals surface area contributed by atoms with Gasteiger partial charge in [-0.05, 0) is 20.4 Å². The summed E-state index contributed by atoms with van der Waals surface area (Å²) < 4.78 is 5.18. The van der Waals surface area contributed by atoms with Crippen LogP contribution in [0.2, 0.25) is 0 Å². The second kappa shape index (κ2) is 2.46. The van der Waals surface area contributed by atoms with E-state index in [1.165, 1.54) is 6.42 Å². The van der Waals surface area contributed by atoms with Crippen molar-refractivity contribution in [1.82, 2.24) is 4.90 Å². The van der Waals surface area contributed by atoms with Gasteiger partial charge in [0.2, 0.25) is 0 Å². The highest BCUT2D eigenvalue weighted by molar-refractivity contribution is 4.62. The molecule has 1 aliphatic rings. The van der Waals surface area contributed by atoms with Crippen LogP contribution in [0.4, 0.5) is 0 Å². The van der Waals surface area contributed by atoms with Crippen molar-refractivity contribution >= 4 is 0 Å². The van der Waals surface area contributed by atoms with Crippen molar-refractivity contribution in [2.75, 3.05) is 20.4 Å². The predicted molar refractivity (Wildman–Crippen MR) is 32.7 cm³/mol. The molecule has 1 aliphatic heterocycles. The number of hydrogen-bond acceptors (Lipinski definition) is 2. The minimum absolute atomic E-state index is 0.712. The smallest absolute Gasteiger partial charge is 0.0990 e. The fourth-order valence-corrected chi connectivity index (χ4v) is 0.810. The van der Waals surface area contributed by atoms with E-state index < -0.39 is 0 Å². The Morgan fingerprint density at radius 1 is 1.62 bits per heavy atom. The molecule has 1 atom stereocenters. The van der Waals surface area contributed by atoms with Gasteiger partial charge in [-0.1, -0.05) is 0 Å². The SMILES string of the molecule is C[C@@H]1CCOCN1C. The minimum Gasteiger partial charge on any atom is -0.366 e. The van der Waals surface area contributed by atoms with Crippen molar-refractivity contribution in [3.05, 3.63) is 0 Å². The molecule has 0 unspecified atom stereocenters. The summed E-state index contributed by atoms with van der Waals surface area (Å²) in [5.41, 5.74) is 0. The molecular weight excluding hydrogens is 102 g/mol. The zero-order chi connectivity index (χ0) is 5.98. The normalized spacial score (nSPS) is 33.0. The Balaban J connectivity index is 2.28.